The third-order valence-electron chi connectivity index (χ3n) is 3.10. The minimum Gasteiger partial charge on any atom is -0.508 e. The van der Waals surface area contributed by atoms with Gasteiger partial charge in [-0.15, -0.1) is 0 Å². The predicted octanol–water partition coefficient (Wildman–Crippen LogP) is 3.96. The van der Waals surface area contributed by atoms with Gasteiger partial charge in [0.15, 0.2) is 0 Å². The SMILES string of the molecule is CCCc1cc(O)c(CCC)c(O)c1CCC. The van der Waals surface area contributed by atoms with Crippen molar-refractivity contribution >= 4 is 0 Å². The maximum Gasteiger partial charge on any atom is 0.125 e. The Hall–Kier alpha value is -1.18. The van der Waals surface area contributed by atoms with Crippen LogP contribution in [0, 0.1) is 0 Å². The molecule has 17 heavy (non-hydrogen) atoms. The third kappa shape index (κ3) is 3.15. The van der Waals surface area contributed by atoms with Crippen LogP contribution in [0.15, 0.2) is 6.07 Å². The first-order valence-electron chi connectivity index (χ1n) is 6.71. The molecule has 0 saturated carbocycles. The van der Waals surface area contributed by atoms with E-state index in [1.807, 2.05) is 6.07 Å². The van der Waals surface area contributed by atoms with Crippen molar-refractivity contribution < 1.29 is 10.2 Å². The first-order valence-corrected chi connectivity index (χ1v) is 6.71. The molecule has 1 aromatic rings. The van der Waals surface area contributed by atoms with Gasteiger partial charge < -0.3 is 10.2 Å². The summed E-state index contributed by atoms with van der Waals surface area (Å²) in [6.45, 7) is 6.28. The Morgan fingerprint density at radius 3 is 1.88 bits per heavy atom. The van der Waals surface area contributed by atoms with Crippen LogP contribution in [0.2, 0.25) is 0 Å². The van der Waals surface area contributed by atoms with Gasteiger partial charge in [0.05, 0.1) is 0 Å². The summed E-state index contributed by atoms with van der Waals surface area (Å²) in [5.74, 6) is 0.588. The smallest absolute Gasteiger partial charge is 0.125 e. The molecule has 96 valence electrons. The van der Waals surface area contributed by atoms with Gasteiger partial charge in [-0.05, 0) is 36.5 Å². The van der Waals surface area contributed by atoms with Gasteiger partial charge in [-0.1, -0.05) is 40.0 Å². The highest BCUT2D eigenvalue weighted by atomic mass is 16.3. The summed E-state index contributed by atoms with van der Waals surface area (Å²) >= 11 is 0. The molecule has 0 radical (unpaired) electrons. The third-order valence-corrected chi connectivity index (χ3v) is 3.10. The molecule has 0 heterocycles. The summed E-state index contributed by atoms with van der Waals surface area (Å²) < 4.78 is 0. The van der Waals surface area contributed by atoms with Crippen LogP contribution in [-0.4, -0.2) is 10.2 Å². The predicted molar refractivity (Wildman–Crippen MR) is 71.8 cm³/mol. The van der Waals surface area contributed by atoms with Gasteiger partial charge in [0.1, 0.15) is 11.5 Å². The Labute approximate surface area is 104 Å². The van der Waals surface area contributed by atoms with Crippen LogP contribution < -0.4 is 0 Å². The van der Waals surface area contributed by atoms with Gasteiger partial charge in [-0.3, -0.25) is 0 Å². The second kappa shape index (κ2) is 6.53. The number of rotatable bonds is 6. The van der Waals surface area contributed by atoms with E-state index in [0.717, 1.165) is 55.2 Å². The van der Waals surface area contributed by atoms with Crippen molar-refractivity contribution in [1.29, 1.82) is 0 Å². The Balaban J connectivity index is 3.24. The molecule has 0 amide bonds. The molecular formula is C15H24O2. The average Bonchev–Trinajstić information content (AvgIpc) is 2.30. The standard InChI is InChI=1S/C15H24O2/c1-4-7-11-10-14(16)13(9-6-3)15(17)12(11)8-5-2/h10,16-17H,4-9H2,1-3H3. The number of benzene rings is 1. The monoisotopic (exact) mass is 236 g/mol. The number of phenols is 2. The molecule has 1 aromatic carbocycles. The van der Waals surface area contributed by atoms with E-state index in [9.17, 15) is 10.2 Å². The van der Waals surface area contributed by atoms with Crippen molar-refractivity contribution in [2.24, 2.45) is 0 Å². The van der Waals surface area contributed by atoms with Crippen molar-refractivity contribution in [1.82, 2.24) is 0 Å². The zero-order valence-electron chi connectivity index (χ0n) is 11.2. The van der Waals surface area contributed by atoms with Crippen LogP contribution in [0.5, 0.6) is 11.5 Å². The molecule has 2 N–H and O–H groups in total. The van der Waals surface area contributed by atoms with E-state index < -0.39 is 0 Å². The summed E-state index contributed by atoms with van der Waals surface area (Å²) in [5, 5.41) is 20.2. The summed E-state index contributed by atoms with van der Waals surface area (Å²) in [6, 6.07) is 1.85. The molecule has 0 unspecified atom stereocenters. The van der Waals surface area contributed by atoms with Crippen molar-refractivity contribution in [2.45, 2.75) is 59.3 Å². The highest BCUT2D eigenvalue weighted by Gasteiger charge is 2.15. The van der Waals surface area contributed by atoms with Crippen molar-refractivity contribution in [3.8, 4) is 11.5 Å². The summed E-state index contributed by atoms with van der Waals surface area (Å²) in [4.78, 5) is 0. The highest BCUT2D eigenvalue weighted by molar-refractivity contribution is 5.53. The minimum atomic E-state index is 0.257. The van der Waals surface area contributed by atoms with E-state index in [2.05, 4.69) is 20.8 Å². The zero-order chi connectivity index (χ0) is 12.8. The molecule has 0 saturated heterocycles. The number of hydrogen-bond acceptors (Lipinski definition) is 2. The first-order chi connectivity index (χ1) is 8.15. The molecular weight excluding hydrogens is 212 g/mol. The molecule has 0 aromatic heterocycles. The van der Waals surface area contributed by atoms with Crippen LogP contribution in [-0.2, 0) is 19.3 Å². The average molecular weight is 236 g/mol. The second-order valence-electron chi connectivity index (χ2n) is 4.61. The molecule has 0 fully saturated rings. The van der Waals surface area contributed by atoms with Crippen LogP contribution in [0.25, 0.3) is 0 Å². The van der Waals surface area contributed by atoms with Gasteiger partial charge in [0.2, 0.25) is 0 Å². The highest BCUT2D eigenvalue weighted by Crippen LogP contribution is 2.35. The second-order valence-corrected chi connectivity index (χ2v) is 4.61. The maximum atomic E-state index is 10.3. The number of hydrogen-bond donors (Lipinski definition) is 2. The Bertz CT molecular complexity index is 370. The number of aromatic hydroxyl groups is 2. The van der Waals surface area contributed by atoms with Gasteiger partial charge in [-0.2, -0.15) is 0 Å². The lowest BCUT2D eigenvalue weighted by molar-refractivity contribution is 0.431. The van der Waals surface area contributed by atoms with Gasteiger partial charge >= 0.3 is 0 Å². The zero-order valence-corrected chi connectivity index (χ0v) is 11.2. The molecule has 0 atom stereocenters. The van der Waals surface area contributed by atoms with E-state index in [-0.39, 0.29) is 5.75 Å². The summed E-state index contributed by atoms with van der Waals surface area (Å²) in [6.07, 6.45) is 5.52. The topological polar surface area (TPSA) is 40.5 Å². The minimum absolute atomic E-state index is 0.257. The fraction of sp³-hybridized carbons (Fsp3) is 0.600. The summed E-state index contributed by atoms with van der Waals surface area (Å²) in [5.41, 5.74) is 2.86. The number of phenolic OH excluding ortho intramolecular Hbond substituents is 2. The molecule has 0 bridgehead atoms. The van der Waals surface area contributed by atoms with E-state index >= 15 is 0 Å². The van der Waals surface area contributed by atoms with E-state index in [0.29, 0.717) is 5.75 Å². The lowest BCUT2D eigenvalue weighted by atomic mass is 9.93. The lowest BCUT2D eigenvalue weighted by Crippen LogP contribution is -1.99. The molecule has 2 nitrogen and oxygen atoms in total. The fourth-order valence-electron chi connectivity index (χ4n) is 2.31. The Morgan fingerprint density at radius 2 is 1.35 bits per heavy atom. The van der Waals surface area contributed by atoms with E-state index in [1.54, 1.807) is 0 Å². The Kier molecular flexibility index (Phi) is 5.33. The van der Waals surface area contributed by atoms with Gasteiger partial charge in [-0.25, -0.2) is 0 Å². The molecule has 0 aliphatic rings. The molecule has 0 aliphatic heterocycles. The van der Waals surface area contributed by atoms with Crippen LogP contribution in [0.4, 0.5) is 0 Å². The fourth-order valence-corrected chi connectivity index (χ4v) is 2.31. The van der Waals surface area contributed by atoms with Crippen LogP contribution in [0.1, 0.15) is 56.7 Å². The summed E-state index contributed by atoms with van der Waals surface area (Å²) in [7, 11) is 0. The maximum absolute atomic E-state index is 10.3. The largest absolute Gasteiger partial charge is 0.508 e. The van der Waals surface area contributed by atoms with Crippen LogP contribution >= 0.6 is 0 Å². The molecule has 0 spiro atoms. The van der Waals surface area contributed by atoms with E-state index in [1.165, 1.54) is 0 Å². The molecule has 0 aliphatic carbocycles. The normalized spacial score (nSPS) is 10.8. The van der Waals surface area contributed by atoms with Crippen molar-refractivity contribution in [2.75, 3.05) is 0 Å². The molecule has 1 rings (SSSR count). The van der Waals surface area contributed by atoms with Gasteiger partial charge in [0.25, 0.3) is 0 Å². The van der Waals surface area contributed by atoms with Gasteiger partial charge in [0, 0.05) is 5.56 Å². The lowest BCUT2D eigenvalue weighted by Gasteiger charge is -2.15. The quantitative estimate of drug-likeness (QED) is 0.785. The molecule has 2 heteroatoms. The number of aryl methyl sites for hydroxylation is 1. The Morgan fingerprint density at radius 1 is 0.824 bits per heavy atom. The van der Waals surface area contributed by atoms with Crippen molar-refractivity contribution in [3.05, 3.63) is 22.8 Å². The van der Waals surface area contributed by atoms with Crippen LogP contribution in [0.3, 0.4) is 0 Å². The first kappa shape index (κ1) is 13.9. The van der Waals surface area contributed by atoms with E-state index in [4.69, 9.17) is 0 Å². The van der Waals surface area contributed by atoms with Crippen molar-refractivity contribution in [3.63, 3.8) is 0 Å².